The molecule has 9 aromatic rings. The van der Waals surface area contributed by atoms with Crippen LogP contribution in [0.25, 0.3) is 44.5 Å². The molecule has 9 aromatic carbocycles. The van der Waals surface area contributed by atoms with E-state index in [1.807, 2.05) is 158 Å². The van der Waals surface area contributed by atoms with Crippen molar-refractivity contribution >= 4 is 11.6 Å². The fourth-order valence-corrected chi connectivity index (χ4v) is 8.43. The van der Waals surface area contributed by atoms with Gasteiger partial charge in [0.2, 0.25) is 0 Å². The number of carbonyl (C=O) groups excluding carboxylic acids is 2. The van der Waals surface area contributed by atoms with Crippen LogP contribution in [0.1, 0.15) is 56.8 Å². The monoisotopic (exact) mass is 800 g/mol. The largest absolute Gasteiger partial charge is 0.457 e. The summed E-state index contributed by atoms with van der Waals surface area (Å²) in [6, 6.07) is 75.5. The van der Waals surface area contributed by atoms with Crippen molar-refractivity contribution in [2.24, 2.45) is 0 Å². The number of ether oxygens (including phenoxy) is 1. The summed E-state index contributed by atoms with van der Waals surface area (Å²) in [5.74, 6) is 0.780. The molecule has 0 fully saturated rings. The lowest BCUT2D eigenvalue weighted by molar-refractivity contribution is 0.100. The maximum atomic E-state index is 15.7. The van der Waals surface area contributed by atoms with Crippen molar-refractivity contribution in [3.05, 3.63) is 264 Å². The molecule has 0 N–H and O–H groups in total. The van der Waals surface area contributed by atoms with Crippen molar-refractivity contribution < 1.29 is 14.3 Å². The number of hydrogen-bond donors (Lipinski definition) is 0. The van der Waals surface area contributed by atoms with Crippen molar-refractivity contribution in [3.8, 4) is 56.0 Å². The molecule has 0 saturated carbocycles. The summed E-state index contributed by atoms with van der Waals surface area (Å²) in [5, 5.41) is 0. The predicted octanol–water partition coefficient (Wildman–Crippen LogP) is 14.9. The molecule has 0 radical (unpaired) electrons. The lowest BCUT2D eigenvalue weighted by Crippen LogP contribution is -2.18. The predicted molar refractivity (Wildman–Crippen MR) is 253 cm³/mol. The average molecular weight is 801 g/mol. The third-order valence-corrected chi connectivity index (χ3v) is 11.7. The summed E-state index contributed by atoms with van der Waals surface area (Å²) in [5.41, 5.74) is 10.5. The molecular weight excluding hydrogens is 757 g/mol. The zero-order valence-electron chi connectivity index (χ0n) is 34.7. The summed E-state index contributed by atoms with van der Waals surface area (Å²) in [6.45, 7) is 4.44. The highest BCUT2D eigenvalue weighted by Gasteiger charge is 2.34. The number of benzene rings is 9. The first-order chi connectivity index (χ1) is 30.4. The zero-order chi connectivity index (χ0) is 42.5. The Labute approximate surface area is 363 Å². The highest BCUT2D eigenvalue weighted by atomic mass is 16.5. The lowest BCUT2D eigenvalue weighted by Gasteiger charge is -2.27. The zero-order valence-corrected chi connectivity index (χ0v) is 34.7. The smallest absolute Gasteiger partial charge is 0.194 e. The topological polar surface area (TPSA) is 43.4 Å². The Balaban J connectivity index is 1.25. The van der Waals surface area contributed by atoms with E-state index in [1.165, 1.54) is 11.1 Å². The molecule has 0 saturated heterocycles. The first kappa shape index (κ1) is 39.6. The van der Waals surface area contributed by atoms with E-state index in [-0.39, 0.29) is 17.0 Å². The van der Waals surface area contributed by atoms with Gasteiger partial charge in [0.05, 0.1) is 0 Å². The van der Waals surface area contributed by atoms with Gasteiger partial charge >= 0.3 is 0 Å². The Kier molecular flexibility index (Phi) is 11.1. The second-order valence-corrected chi connectivity index (χ2v) is 15.9. The lowest BCUT2D eigenvalue weighted by atomic mass is 9.74. The minimum Gasteiger partial charge on any atom is -0.457 e. The first-order valence-electron chi connectivity index (χ1n) is 20.9. The van der Waals surface area contributed by atoms with Crippen LogP contribution in [0.4, 0.5) is 0 Å². The molecule has 0 aliphatic rings. The molecule has 0 unspecified atom stereocenters. The van der Waals surface area contributed by atoms with Gasteiger partial charge in [-0.25, -0.2) is 0 Å². The Bertz CT molecular complexity index is 2960. The highest BCUT2D eigenvalue weighted by Crippen LogP contribution is 2.51. The fourth-order valence-electron chi connectivity index (χ4n) is 8.43. The Hall–Kier alpha value is -7.88. The molecule has 0 bridgehead atoms. The van der Waals surface area contributed by atoms with Gasteiger partial charge in [0, 0.05) is 38.8 Å². The minimum absolute atomic E-state index is 0.179. The van der Waals surface area contributed by atoms with E-state index in [9.17, 15) is 0 Å². The van der Waals surface area contributed by atoms with Gasteiger partial charge in [-0.15, -0.1) is 0 Å². The van der Waals surface area contributed by atoms with Gasteiger partial charge in [0.15, 0.2) is 11.6 Å². The molecule has 0 amide bonds. The van der Waals surface area contributed by atoms with Crippen molar-refractivity contribution in [2.75, 3.05) is 0 Å². The number of ketones is 2. The average Bonchev–Trinajstić information content (AvgIpc) is 3.34. The number of rotatable bonds is 12. The minimum atomic E-state index is -0.267. The summed E-state index contributed by atoms with van der Waals surface area (Å²) >= 11 is 0. The summed E-state index contributed by atoms with van der Waals surface area (Å²) in [4.78, 5) is 31.2. The van der Waals surface area contributed by atoms with Crippen LogP contribution in [0.3, 0.4) is 0 Å². The van der Waals surface area contributed by atoms with Crippen LogP contribution in [0.2, 0.25) is 0 Å². The van der Waals surface area contributed by atoms with E-state index in [1.54, 1.807) is 12.1 Å². The van der Waals surface area contributed by atoms with Gasteiger partial charge in [-0.3, -0.25) is 9.59 Å². The fraction of sp³-hybridized carbons (Fsp3) is 0.0508. The molecule has 0 atom stereocenters. The van der Waals surface area contributed by atoms with Crippen LogP contribution in [-0.4, -0.2) is 11.6 Å². The number of carbonyl (C=O) groups is 2. The van der Waals surface area contributed by atoms with Crippen molar-refractivity contribution in [3.63, 3.8) is 0 Å². The summed E-state index contributed by atoms with van der Waals surface area (Å²) < 4.78 is 6.36. The SMILES string of the molecule is CC(C)(c1ccccc1)c1ccc(Oc2ccc(C(=O)c3c(C(=O)c4ccccc4)c(-c4ccccc4)c(-c4ccccc4)c(-c4ccccc4)c3-c3ccccc3)cc2)cc1. The van der Waals surface area contributed by atoms with Crippen LogP contribution in [-0.2, 0) is 5.41 Å². The van der Waals surface area contributed by atoms with Crippen molar-refractivity contribution in [1.82, 2.24) is 0 Å². The Morgan fingerprint density at radius 3 is 1.00 bits per heavy atom. The second kappa shape index (κ2) is 17.4. The molecular formula is C59H44O3. The standard InChI is InChI=1S/C59H44O3/c1-59(2,47-31-19-8-20-32-47)48-35-39-50(40-36-48)62-49-37-33-46(34-38-49)58(61)56-54(44-27-15-6-16-28-44)52(42-23-11-4-12-24-42)51(41-21-9-3-10-22-41)53(43-25-13-5-14-26-43)55(56)57(60)45-29-17-7-18-30-45/h3-40H,1-2H3. The molecule has 0 aliphatic carbocycles. The molecule has 9 rings (SSSR count). The Morgan fingerprint density at radius 1 is 0.323 bits per heavy atom. The molecule has 3 heteroatoms. The van der Waals surface area contributed by atoms with E-state index in [4.69, 9.17) is 4.74 Å². The first-order valence-corrected chi connectivity index (χ1v) is 20.9. The molecule has 0 heterocycles. The van der Waals surface area contributed by atoms with Crippen LogP contribution in [0.5, 0.6) is 11.5 Å². The van der Waals surface area contributed by atoms with Crippen molar-refractivity contribution in [1.29, 1.82) is 0 Å². The highest BCUT2D eigenvalue weighted by molar-refractivity contribution is 6.28. The van der Waals surface area contributed by atoms with E-state index < -0.39 is 0 Å². The second-order valence-electron chi connectivity index (χ2n) is 15.9. The molecule has 0 spiro atoms. The summed E-state index contributed by atoms with van der Waals surface area (Å²) in [6.07, 6.45) is 0. The van der Waals surface area contributed by atoms with Crippen LogP contribution >= 0.6 is 0 Å². The van der Waals surface area contributed by atoms with Crippen LogP contribution < -0.4 is 4.74 Å². The van der Waals surface area contributed by atoms with Gasteiger partial charge in [-0.2, -0.15) is 0 Å². The van der Waals surface area contributed by atoms with Crippen LogP contribution in [0.15, 0.2) is 231 Å². The maximum absolute atomic E-state index is 15.7. The van der Waals surface area contributed by atoms with E-state index in [0.29, 0.717) is 44.9 Å². The number of hydrogen-bond acceptors (Lipinski definition) is 3. The third kappa shape index (κ3) is 7.80. The van der Waals surface area contributed by atoms with E-state index in [0.717, 1.165) is 33.4 Å². The molecule has 62 heavy (non-hydrogen) atoms. The third-order valence-electron chi connectivity index (χ3n) is 11.7. The van der Waals surface area contributed by atoms with Gasteiger partial charge in [-0.1, -0.05) is 208 Å². The van der Waals surface area contributed by atoms with Crippen LogP contribution in [0, 0.1) is 0 Å². The van der Waals surface area contributed by atoms with Crippen molar-refractivity contribution in [2.45, 2.75) is 19.3 Å². The maximum Gasteiger partial charge on any atom is 0.194 e. The molecule has 0 aliphatic heterocycles. The van der Waals surface area contributed by atoms with E-state index >= 15 is 9.59 Å². The van der Waals surface area contributed by atoms with Gasteiger partial charge < -0.3 is 4.74 Å². The van der Waals surface area contributed by atoms with E-state index in [2.05, 4.69) is 74.5 Å². The van der Waals surface area contributed by atoms with Gasteiger partial charge in [0.25, 0.3) is 0 Å². The molecule has 0 aromatic heterocycles. The van der Waals surface area contributed by atoms with Gasteiger partial charge in [0.1, 0.15) is 11.5 Å². The Morgan fingerprint density at radius 2 is 0.613 bits per heavy atom. The molecule has 298 valence electrons. The molecule has 3 nitrogen and oxygen atoms in total. The van der Waals surface area contributed by atoms with Gasteiger partial charge in [-0.05, 0) is 80.9 Å². The summed E-state index contributed by atoms with van der Waals surface area (Å²) in [7, 11) is 0. The normalized spacial score (nSPS) is 11.2. The quantitative estimate of drug-likeness (QED) is 0.116.